The molecule has 0 unspecified atom stereocenters. The molecule has 0 N–H and O–H groups in total. The summed E-state index contributed by atoms with van der Waals surface area (Å²) < 4.78 is 10.9. The Morgan fingerprint density at radius 2 is 2.05 bits per heavy atom. The zero-order chi connectivity index (χ0) is 15.4. The third-order valence-electron chi connectivity index (χ3n) is 3.08. The van der Waals surface area contributed by atoms with Crippen molar-refractivity contribution in [2.75, 3.05) is 19.0 Å². The van der Waals surface area contributed by atoms with Crippen LogP contribution in [0.15, 0.2) is 41.6 Å². The van der Waals surface area contributed by atoms with E-state index in [9.17, 15) is 4.79 Å². The number of carbonyl (C=O) groups is 1. The van der Waals surface area contributed by atoms with Gasteiger partial charge in [0.1, 0.15) is 13.2 Å². The molecule has 5 nitrogen and oxygen atoms in total. The molecule has 0 fully saturated rings. The average molecular weight is 312 g/mol. The van der Waals surface area contributed by atoms with E-state index >= 15 is 0 Å². The van der Waals surface area contributed by atoms with E-state index in [0.29, 0.717) is 40.9 Å². The number of fused-ring (bicyclic) bond motifs is 1. The second-order valence-electron chi connectivity index (χ2n) is 4.56. The van der Waals surface area contributed by atoms with Gasteiger partial charge in [0.25, 0.3) is 0 Å². The summed E-state index contributed by atoms with van der Waals surface area (Å²) in [5.74, 6) is 1.50. The maximum Gasteiger partial charge on any atom is 0.173 e. The van der Waals surface area contributed by atoms with Crippen LogP contribution >= 0.6 is 11.8 Å². The molecule has 0 atom stereocenters. The molecule has 6 heteroatoms. The van der Waals surface area contributed by atoms with Crippen molar-refractivity contribution in [2.45, 2.75) is 5.03 Å². The molecule has 0 radical (unpaired) electrons. The van der Waals surface area contributed by atoms with Crippen LogP contribution in [0.5, 0.6) is 11.5 Å². The van der Waals surface area contributed by atoms with Crippen molar-refractivity contribution in [3.8, 4) is 17.6 Å². The predicted molar refractivity (Wildman–Crippen MR) is 81.4 cm³/mol. The summed E-state index contributed by atoms with van der Waals surface area (Å²) in [5, 5.41) is 9.51. The SMILES string of the molecule is N#Cc1ccnc(SCC(=O)c2ccc3c(c2)OCCO3)c1. The van der Waals surface area contributed by atoms with E-state index in [4.69, 9.17) is 14.7 Å². The number of benzene rings is 1. The molecule has 0 aliphatic carbocycles. The second-order valence-corrected chi connectivity index (χ2v) is 5.56. The van der Waals surface area contributed by atoms with E-state index < -0.39 is 0 Å². The minimum atomic E-state index is -0.0221. The monoisotopic (exact) mass is 312 g/mol. The fourth-order valence-electron chi connectivity index (χ4n) is 2.00. The highest BCUT2D eigenvalue weighted by Gasteiger charge is 2.15. The van der Waals surface area contributed by atoms with Crippen LogP contribution in [-0.4, -0.2) is 29.7 Å². The van der Waals surface area contributed by atoms with Gasteiger partial charge in [-0.15, -0.1) is 0 Å². The van der Waals surface area contributed by atoms with E-state index in [-0.39, 0.29) is 11.5 Å². The Balaban J connectivity index is 1.68. The highest BCUT2D eigenvalue weighted by atomic mass is 32.2. The molecule has 0 bridgehead atoms. The number of ether oxygens (including phenoxy) is 2. The van der Waals surface area contributed by atoms with Crippen LogP contribution in [-0.2, 0) is 0 Å². The van der Waals surface area contributed by atoms with E-state index in [1.165, 1.54) is 11.8 Å². The molecule has 1 aromatic carbocycles. The fraction of sp³-hybridized carbons (Fsp3) is 0.188. The number of hydrogen-bond acceptors (Lipinski definition) is 6. The number of nitriles is 1. The number of ketones is 1. The summed E-state index contributed by atoms with van der Waals surface area (Å²) >= 11 is 1.31. The summed E-state index contributed by atoms with van der Waals surface area (Å²) in [5.41, 5.74) is 1.11. The molecule has 2 heterocycles. The van der Waals surface area contributed by atoms with Crippen LogP contribution in [0.4, 0.5) is 0 Å². The van der Waals surface area contributed by atoms with E-state index in [0.717, 1.165) is 0 Å². The van der Waals surface area contributed by atoms with Crippen LogP contribution in [0.2, 0.25) is 0 Å². The third-order valence-corrected chi connectivity index (χ3v) is 4.00. The number of hydrogen-bond donors (Lipinski definition) is 0. The van der Waals surface area contributed by atoms with Crippen LogP contribution in [0.1, 0.15) is 15.9 Å². The molecule has 110 valence electrons. The summed E-state index contributed by atoms with van der Waals surface area (Å²) in [6, 6.07) is 10.5. The first-order valence-electron chi connectivity index (χ1n) is 6.68. The minimum Gasteiger partial charge on any atom is -0.486 e. The number of rotatable bonds is 4. The molecule has 1 aliphatic heterocycles. The number of carbonyl (C=O) groups excluding carboxylic acids is 1. The zero-order valence-corrected chi connectivity index (χ0v) is 12.4. The van der Waals surface area contributed by atoms with Gasteiger partial charge in [0.2, 0.25) is 0 Å². The van der Waals surface area contributed by atoms with Crippen molar-refractivity contribution in [1.29, 1.82) is 5.26 Å². The van der Waals surface area contributed by atoms with Gasteiger partial charge >= 0.3 is 0 Å². The summed E-state index contributed by atoms with van der Waals surface area (Å²) in [4.78, 5) is 16.4. The lowest BCUT2D eigenvalue weighted by atomic mass is 10.1. The van der Waals surface area contributed by atoms with Crippen LogP contribution < -0.4 is 9.47 Å². The van der Waals surface area contributed by atoms with Crippen molar-refractivity contribution in [1.82, 2.24) is 4.98 Å². The largest absolute Gasteiger partial charge is 0.486 e. The van der Waals surface area contributed by atoms with Gasteiger partial charge in [-0.2, -0.15) is 5.26 Å². The molecule has 3 rings (SSSR count). The van der Waals surface area contributed by atoms with E-state index in [1.54, 1.807) is 36.5 Å². The van der Waals surface area contributed by atoms with Gasteiger partial charge < -0.3 is 9.47 Å². The standard InChI is InChI=1S/C16H12N2O3S/c17-9-11-3-4-18-16(7-11)22-10-13(19)12-1-2-14-15(8-12)21-6-5-20-14/h1-4,7-8H,5-6,10H2. The first-order chi connectivity index (χ1) is 10.8. The summed E-state index contributed by atoms with van der Waals surface area (Å²) in [6.45, 7) is 1.02. The minimum absolute atomic E-state index is 0.0221. The van der Waals surface area contributed by atoms with Crippen molar-refractivity contribution in [2.24, 2.45) is 0 Å². The van der Waals surface area contributed by atoms with Gasteiger partial charge in [-0.1, -0.05) is 11.8 Å². The molecular formula is C16H12N2O3S. The predicted octanol–water partition coefficient (Wildman–Crippen LogP) is 2.70. The van der Waals surface area contributed by atoms with Crippen molar-refractivity contribution in [3.05, 3.63) is 47.7 Å². The van der Waals surface area contributed by atoms with Gasteiger partial charge in [-0.25, -0.2) is 4.98 Å². The first-order valence-corrected chi connectivity index (χ1v) is 7.66. The van der Waals surface area contributed by atoms with Gasteiger partial charge in [0, 0.05) is 11.8 Å². The fourth-order valence-corrected chi connectivity index (χ4v) is 2.79. The van der Waals surface area contributed by atoms with Gasteiger partial charge in [-0.05, 0) is 30.3 Å². The Labute approximate surface area is 131 Å². The van der Waals surface area contributed by atoms with Crippen LogP contribution in [0.25, 0.3) is 0 Å². The number of thioether (sulfide) groups is 1. The van der Waals surface area contributed by atoms with Crippen molar-refractivity contribution in [3.63, 3.8) is 0 Å². The van der Waals surface area contributed by atoms with Gasteiger partial charge in [0.05, 0.1) is 22.4 Å². The topological polar surface area (TPSA) is 72.2 Å². The molecule has 1 aliphatic rings. The Morgan fingerprint density at radius 1 is 1.23 bits per heavy atom. The Morgan fingerprint density at radius 3 is 2.86 bits per heavy atom. The maximum absolute atomic E-state index is 12.2. The Hall–Kier alpha value is -2.52. The number of Topliss-reactive ketones (excluding diaryl/α,β-unsaturated/α-hetero) is 1. The normalized spacial score (nSPS) is 12.5. The molecule has 1 aromatic heterocycles. The molecule has 0 saturated carbocycles. The molecule has 0 spiro atoms. The smallest absolute Gasteiger partial charge is 0.173 e. The third kappa shape index (κ3) is 3.21. The maximum atomic E-state index is 12.2. The molecule has 22 heavy (non-hydrogen) atoms. The van der Waals surface area contributed by atoms with Crippen molar-refractivity contribution >= 4 is 17.5 Å². The van der Waals surface area contributed by atoms with E-state index in [1.807, 2.05) is 0 Å². The molecule has 0 amide bonds. The van der Waals surface area contributed by atoms with Gasteiger partial charge in [-0.3, -0.25) is 4.79 Å². The highest BCUT2D eigenvalue weighted by Crippen LogP contribution is 2.31. The van der Waals surface area contributed by atoms with E-state index in [2.05, 4.69) is 11.1 Å². The molecular weight excluding hydrogens is 300 g/mol. The Bertz CT molecular complexity index is 755. The molecule has 2 aromatic rings. The van der Waals surface area contributed by atoms with Crippen LogP contribution in [0, 0.1) is 11.3 Å². The van der Waals surface area contributed by atoms with Crippen molar-refractivity contribution < 1.29 is 14.3 Å². The summed E-state index contributed by atoms with van der Waals surface area (Å²) in [7, 11) is 0. The lowest BCUT2D eigenvalue weighted by Crippen LogP contribution is -2.16. The Kier molecular flexibility index (Phi) is 4.26. The zero-order valence-electron chi connectivity index (χ0n) is 11.6. The number of pyridine rings is 1. The highest BCUT2D eigenvalue weighted by molar-refractivity contribution is 7.99. The number of aromatic nitrogens is 1. The van der Waals surface area contributed by atoms with Crippen LogP contribution in [0.3, 0.4) is 0 Å². The average Bonchev–Trinajstić information content (AvgIpc) is 2.59. The lowest BCUT2D eigenvalue weighted by Gasteiger charge is -2.18. The lowest BCUT2D eigenvalue weighted by molar-refractivity contribution is 0.102. The second kappa shape index (κ2) is 6.50. The summed E-state index contributed by atoms with van der Waals surface area (Å²) in [6.07, 6.45) is 1.56. The van der Waals surface area contributed by atoms with Gasteiger partial charge in [0.15, 0.2) is 17.3 Å². The quantitative estimate of drug-likeness (QED) is 0.638. The number of nitrogens with zero attached hydrogens (tertiary/aromatic N) is 2. The first kappa shape index (κ1) is 14.4. The molecule has 0 saturated heterocycles.